The van der Waals surface area contributed by atoms with Gasteiger partial charge in [-0.2, -0.15) is 0 Å². The number of anilines is 1. The molecule has 0 saturated carbocycles. The predicted molar refractivity (Wildman–Crippen MR) is 131 cm³/mol. The Labute approximate surface area is 200 Å². The molecule has 0 radical (unpaired) electrons. The van der Waals surface area contributed by atoms with Gasteiger partial charge in [-0.25, -0.2) is 9.37 Å². The number of thioether (sulfide) groups is 1. The second-order valence-corrected chi connectivity index (χ2v) is 8.95. The first-order chi connectivity index (χ1) is 15.4. The van der Waals surface area contributed by atoms with E-state index in [0.717, 1.165) is 35.9 Å². The van der Waals surface area contributed by atoms with E-state index in [1.165, 1.54) is 6.07 Å². The fourth-order valence-electron chi connectivity index (χ4n) is 4.11. The number of imide groups is 1. The number of nitrogens with one attached hydrogen (secondary N) is 1. The number of hydrogen-bond acceptors (Lipinski definition) is 7. The number of fused-ring (bicyclic) bond motifs is 1. The van der Waals surface area contributed by atoms with Crippen molar-refractivity contribution in [2.24, 2.45) is 5.73 Å². The zero-order valence-corrected chi connectivity index (χ0v) is 19.3. The van der Waals surface area contributed by atoms with Crippen molar-refractivity contribution < 1.29 is 14.0 Å². The number of benzene rings is 1. The molecule has 3 N–H and O–H groups in total. The molecule has 0 unspecified atom stereocenters. The van der Waals surface area contributed by atoms with Gasteiger partial charge in [0.15, 0.2) is 0 Å². The average molecular weight is 486 g/mol. The van der Waals surface area contributed by atoms with Crippen LogP contribution in [0.5, 0.6) is 0 Å². The first-order valence-electron chi connectivity index (χ1n) is 10.2. The monoisotopic (exact) mass is 485 g/mol. The molecule has 2 fully saturated rings. The topological polar surface area (TPSA) is 101 Å². The van der Waals surface area contributed by atoms with Gasteiger partial charge in [0.05, 0.1) is 27.3 Å². The molecule has 2 aliphatic heterocycles. The van der Waals surface area contributed by atoms with Crippen LogP contribution >= 0.6 is 24.2 Å². The van der Waals surface area contributed by atoms with Gasteiger partial charge in [-0.3, -0.25) is 19.9 Å². The first-order valence-corrected chi connectivity index (χ1v) is 11.0. The van der Waals surface area contributed by atoms with E-state index in [4.69, 9.17) is 5.73 Å². The minimum absolute atomic E-state index is 0. The van der Waals surface area contributed by atoms with Crippen molar-refractivity contribution in [3.05, 3.63) is 58.5 Å². The SMILES string of the molecule is Cc1cc(C=C2SC(=O)NC2=O)nc2c(-c3ccc(N4CC[C@@H](N)C4)c(F)c3)ccnc12.Cl. The number of aryl methyl sites for hydroxylation is 1. The van der Waals surface area contributed by atoms with Gasteiger partial charge in [0, 0.05) is 30.9 Å². The van der Waals surface area contributed by atoms with Gasteiger partial charge < -0.3 is 10.6 Å². The lowest BCUT2D eigenvalue weighted by atomic mass is 10.0. The third kappa shape index (κ3) is 4.44. The number of nitrogens with zero attached hydrogens (tertiary/aromatic N) is 3. The molecule has 1 atom stereocenters. The third-order valence-corrected chi connectivity index (χ3v) is 6.46. The molecule has 2 amide bonds. The Balaban J connectivity index is 0.00000259. The van der Waals surface area contributed by atoms with Gasteiger partial charge >= 0.3 is 0 Å². The van der Waals surface area contributed by atoms with Gasteiger partial charge in [-0.1, -0.05) is 6.07 Å². The van der Waals surface area contributed by atoms with Crippen LogP contribution in [0.4, 0.5) is 14.9 Å². The van der Waals surface area contributed by atoms with Gasteiger partial charge in [-0.05, 0) is 66.6 Å². The second kappa shape index (κ2) is 9.09. The summed E-state index contributed by atoms with van der Waals surface area (Å²) in [6.07, 6.45) is 4.10. The Morgan fingerprint density at radius 1 is 1.24 bits per heavy atom. The molecule has 2 saturated heterocycles. The maximum absolute atomic E-state index is 15.0. The van der Waals surface area contributed by atoms with Gasteiger partial charge in [-0.15, -0.1) is 12.4 Å². The summed E-state index contributed by atoms with van der Waals surface area (Å²) >= 11 is 0.839. The van der Waals surface area contributed by atoms with Crippen molar-refractivity contribution in [3.8, 4) is 11.1 Å². The van der Waals surface area contributed by atoms with Crippen molar-refractivity contribution in [2.75, 3.05) is 18.0 Å². The van der Waals surface area contributed by atoms with E-state index in [0.29, 0.717) is 34.5 Å². The first kappa shape index (κ1) is 23.2. The molecule has 3 aromatic rings. The maximum Gasteiger partial charge on any atom is 0.290 e. The van der Waals surface area contributed by atoms with Crippen LogP contribution in [0.1, 0.15) is 17.7 Å². The van der Waals surface area contributed by atoms with Gasteiger partial charge in [0.2, 0.25) is 0 Å². The summed E-state index contributed by atoms with van der Waals surface area (Å²) in [5, 5.41) is 1.83. The number of aromatic nitrogens is 2. The molecule has 0 spiro atoms. The van der Waals surface area contributed by atoms with E-state index >= 15 is 4.39 Å². The normalized spacial score (nSPS) is 19.3. The lowest BCUT2D eigenvalue weighted by Gasteiger charge is -2.19. The number of carbonyl (C=O) groups excluding carboxylic acids is 2. The zero-order chi connectivity index (χ0) is 22.4. The zero-order valence-electron chi connectivity index (χ0n) is 17.7. The number of hydrogen-bond donors (Lipinski definition) is 2. The van der Waals surface area contributed by atoms with Crippen molar-refractivity contribution in [3.63, 3.8) is 0 Å². The minimum atomic E-state index is -0.440. The summed E-state index contributed by atoms with van der Waals surface area (Å²) in [5.41, 5.74) is 10.6. The van der Waals surface area contributed by atoms with Crippen molar-refractivity contribution in [2.45, 2.75) is 19.4 Å². The summed E-state index contributed by atoms with van der Waals surface area (Å²) < 4.78 is 15.0. The van der Waals surface area contributed by atoms with Crippen LogP contribution in [0, 0.1) is 12.7 Å². The molecule has 5 rings (SSSR count). The Kier molecular flexibility index (Phi) is 6.38. The van der Waals surface area contributed by atoms with Crippen LogP contribution in [0.3, 0.4) is 0 Å². The Bertz CT molecular complexity index is 1320. The number of rotatable bonds is 3. The van der Waals surface area contributed by atoms with Crippen molar-refractivity contribution in [1.29, 1.82) is 0 Å². The van der Waals surface area contributed by atoms with E-state index < -0.39 is 11.1 Å². The molecule has 0 aliphatic carbocycles. The van der Waals surface area contributed by atoms with Crippen molar-refractivity contribution >= 4 is 58.1 Å². The number of halogens is 2. The Morgan fingerprint density at radius 2 is 2.06 bits per heavy atom. The standard InChI is InChI=1S/C23H20FN5O2S.ClH/c1-12-8-15(10-19-22(30)28-23(31)32-19)27-21-16(4-6-26-20(12)21)13-2-3-18(17(24)9-13)29-7-5-14(25)11-29;/h2-4,6,8-10,14H,5,7,11,25H2,1H3,(H,28,30,31);1H/t14-;/m1./s1. The van der Waals surface area contributed by atoms with E-state index in [1.54, 1.807) is 24.4 Å². The third-order valence-electron chi connectivity index (χ3n) is 5.65. The largest absolute Gasteiger partial charge is 0.368 e. The fourth-order valence-corrected chi connectivity index (χ4v) is 4.77. The summed E-state index contributed by atoms with van der Waals surface area (Å²) in [6.45, 7) is 3.28. The van der Waals surface area contributed by atoms with Crippen LogP contribution in [-0.2, 0) is 4.79 Å². The van der Waals surface area contributed by atoms with Crippen LogP contribution in [0.25, 0.3) is 28.2 Å². The molecule has 33 heavy (non-hydrogen) atoms. The summed E-state index contributed by atoms with van der Waals surface area (Å²) in [4.78, 5) is 34.7. The molecule has 0 bridgehead atoms. The highest BCUT2D eigenvalue weighted by Gasteiger charge is 2.25. The van der Waals surface area contributed by atoms with Crippen LogP contribution < -0.4 is 16.0 Å². The highest BCUT2D eigenvalue weighted by atomic mass is 35.5. The van der Waals surface area contributed by atoms with Crippen LogP contribution in [0.15, 0.2) is 41.4 Å². The smallest absolute Gasteiger partial charge is 0.290 e. The Morgan fingerprint density at radius 3 is 2.73 bits per heavy atom. The van der Waals surface area contributed by atoms with E-state index in [2.05, 4.69) is 15.3 Å². The number of nitrogens with two attached hydrogens (primary N) is 1. The molecule has 4 heterocycles. The quantitative estimate of drug-likeness (QED) is 0.540. The van der Waals surface area contributed by atoms with E-state index in [1.807, 2.05) is 24.0 Å². The predicted octanol–water partition coefficient (Wildman–Crippen LogP) is 4.03. The molecule has 10 heteroatoms. The van der Waals surface area contributed by atoms with Crippen LogP contribution in [0.2, 0.25) is 0 Å². The number of carbonyl (C=O) groups is 2. The number of pyridine rings is 2. The molecule has 170 valence electrons. The molecular formula is C23H21ClFN5O2S. The number of amides is 2. The van der Waals surface area contributed by atoms with Crippen molar-refractivity contribution in [1.82, 2.24) is 15.3 Å². The highest BCUT2D eigenvalue weighted by Crippen LogP contribution is 2.33. The fraction of sp³-hybridized carbons (Fsp3) is 0.217. The van der Waals surface area contributed by atoms with Gasteiger partial charge in [0.25, 0.3) is 11.1 Å². The maximum atomic E-state index is 15.0. The Hall–Kier alpha value is -3.01. The summed E-state index contributed by atoms with van der Waals surface area (Å²) in [6, 6.07) is 8.83. The van der Waals surface area contributed by atoms with Crippen LogP contribution in [-0.4, -0.2) is 40.2 Å². The van der Waals surface area contributed by atoms with Gasteiger partial charge in [0.1, 0.15) is 5.82 Å². The summed E-state index contributed by atoms with van der Waals surface area (Å²) in [7, 11) is 0. The molecule has 1 aromatic carbocycles. The highest BCUT2D eigenvalue weighted by molar-refractivity contribution is 8.18. The van der Waals surface area contributed by atoms with E-state index in [9.17, 15) is 9.59 Å². The molecule has 2 aliphatic rings. The second-order valence-electron chi connectivity index (χ2n) is 7.93. The molecular weight excluding hydrogens is 465 g/mol. The van der Waals surface area contributed by atoms with E-state index in [-0.39, 0.29) is 29.2 Å². The molecule has 7 nitrogen and oxygen atoms in total. The lowest BCUT2D eigenvalue weighted by molar-refractivity contribution is -0.115. The summed E-state index contributed by atoms with van der Waals surface area (Å²) in [5.74, 6) is -0.751. The average Bonchev–Trinajstić information content (AvgIpc) is 3.32. The minimum Gasteiger partial charge on any atom is -0.368 e. The lowest BCUT2D eigenvalue weighted by Crippen LogP contribution is -2.26. The molecule has 2 aromatic heterocycles.